The van der Waals surface area contributed by atoms with Gasteiger partial charge < -0.3 is 10.2 Å². The SMILES string of the molecule is O=C(Cc1cc(Cl)cc(Cl)c1)N1CCNCC1. The summed E-state index contributed by atoms with van der Waals surface area (Å²) in [5.41, 5.74) is 0.867. The van der Waals surface area contributed by atoms with Crippen LogP contribution in [0.15, 0.2) is 18.2 Å². The van der Waals surface area contributed by atoms with Crippen LogP contribution in [0.4, 0.5) is 0 Å². The first kappa shape index (κ1) is 12.7. The van der Waals surface area contributed by atoms with Crippen LogP contribution in [0.5, 0.6) is 0 Å². The van der Waals surface area contributed by atoms with E-state index in [0.717, 1.165) is 31.7 Å². The van der Waals surface area contributed by atoms with Crippen molar-refractivity contribution in [2.45, 2.75) is 6.42 Å². The number of rotatable bonds is 2. The normalized spacial score (nSPS) is 16.0. The maximum atomic E-state index is 12.0. The summed E-state index contributed by atoms with van der Waals surface area (Å²) in [7, 11) is 0. The number of benzene rings is 1. The highest BCUT2D eigenvalue weighted by Crippen LogP contribution is 2.19. The quantitative estimate of drug-likeness (QED) is 0.893. The molecule has 0 aromatic heterocycles. The summed E-state index contributed by atoms with van der Waals surface area (Å²) in [6, 6.07) is 5.24. The first-order valence-corrected chi connectivity index (χ1v) is 6.34. The summed E-state index contributed by atoms with van der Waals surface area (Å²) in [5, 5.41) is 4.36. The highest BCUT2D eigenvalue weighted by atomic mass is 35.5. The largest absolute Gasteiger partial charge is 0.340 e. The molecule has 2 rings (SSSR count). The van der Waals surface area contributed by atoms with Crippen molar-refractivity contribution in [3.8, 4) is 0 Å². The van der Waals surface area contributed by atoms with Gasteiger partial charge in [0, 0.05) is 36.2 Å². The van der Waals surface area contributed by atoms with E-state index in [2.05, 4.69) is 5.32 Å². The smallest absolute Gasteiger partial charge is 0.227 e. The molecule has 1 amide bonds. The van der Waals surface area contributed by atoms with E-state index < -0.39 is 0 Å². The Hall–Kier alpha value is -0.770. The van der Waals surface area contributed by atoms with Crippen LogP contribution < -0.4 is 5.32 Å². The Morgan fingerprint density at radius 2 is 1.76 bits per heavy atom. The van der Waals surface area contributed by atoms with Gasteiger partial charge >= 0.3 is 0 Å². The third-order valence-corrected chi connectivity index (χ3v) is 3.18. The second-order valence-electron chi connectivity index (χ2n) is 4.09. The molecule has 1 aromatic rings. The highest BCUT2D eigenvalue weighted by Gasteiger charge is 2.16. The van der Waals surface area contributed by atoms with E-state index >= 15 is 0 Å². The highest BCUT2D eigenvalue weighted by molar-refractivity contribution is 6.34. The number of amides is 1. The molecule has 0 saturated carbocycles. The van der Waals surface area contributed by atoms with Gasteiger partial charge in [0.1, 0.15) is 0 Å². The summed E-state index contributed by atoms with van der Waals surface area (Å²) in [6.45, 7) is 3.27. The molecule has 0 aliphatic carbocycles. The van der Waals surface area contributed by atoms with Crippen LogP contribution in [0.1, 0.15) is 5.56 Å². The van der Waals surface area contributed by atoms with Crippen molar-refractivity contribution in [1.29, 1.82) is 0 Å². The lowest BCUT2D eigenvalue weighted by atomic mass is 10.1. The second-order valence-corrected chi connectivity index (χ2v) is 4.96. The number of hydrogen-bond acceptors (Lipinski definition) is 2. The minimum Gasteiger partial charge on any atom is -0.340 e. The predicted octanol–water partition coefficient (Wildman–Crippen LogP) is 1.97. The summed E-state index contributed by atoms with van der Waals surface area (Å²) in [5.74, 6) is 0.129. The van der Waals surface area contributed by atoms with E-state index in [4.69, 9.17) is 23.2 Å². The first-order chi connectivity index (χ1) is 8.15. The number of piperazine rings is 1. The van der Waals surface area contributed by atoms with Gasteiger partial charge in [-0.25, -0.2) is 0 Å². The molecule has 0 spiro atoms. The van der Waals surface area contributed by atoms with Gasteiger partial charge in [0.05, 0.1) is 6.42 Å². The number of carbonyl (C=O) groups is 1. The minimum absolute atomic E-state index is 0.129. The van der Waals surface area contributed by atoms with Crippen molar-refractivity contribution in [1.82, 2.24) is 10.2 Å². The topological polar surface area (TPSA) is 32.3 Å². The van der Waals surface area contributed by atoms with Crippen LogP contribution in [0.25, 0.3) is 0 Å². The van der Waals surface area contributed by atoms with E-state index in [0.29, 0.717) is 16.5 Å². The van der Waals surface area contributed by atoms with Gasteiger partial charge in [-0.05, 0) is 23.8 Å². The summed E-state index contributed by atoms with van der Waals surface area (Å²) in [4.78, 5) is 13.9. The Balaban J connectivity index is 2.01. The fourth-order valence-corrected chi connectivity index (χ4v) is 2.48. The molecule has 1 N–H and O–H groups in total. The number of halogens is 2. The summed E-state index contributed by atoms with van der Waals surface area (Å²) < 4.78 is 0. The van der Waals surface area contributed by atoms with Crippen molar-refractivity contribution < 1.29 is 4.79 Å². The van der Waals surface area contributed by atoms with Crippen molar-refractivity contribution in [3.05, 3.63) is 33.8 Å². The molecule has 0 unspecified atom stereocenters. The van der Waals surface area contributed by atoms with Crippen LogP contribution >= 0.6 is 23.2 Å². The zero-order valence-corrected chi connectivity index (χ0v) is 10.9. The second kappa shape index (κ2) is 5.71. The van der Waals surface area contributed by atoms with Crippen molar-refractivity contribution in [2.75, 3.05) is 26.2 Å². The fraction of sp³-hybridized carbons (Fsp3) is 0.417. The lowest BCUT2D eigenvalue weighted by molar-refractivity contribution is -0.131. The van der Waals surface area contributed by atoms with Crippen LogP contribution in [-0.2, 0) is 11.2 Å². The summed E-state index contributed by atoms with van der Waals surface area (Å²) >= 11 is 11.8. The molecule has 0 radical (unpaired) electrons. The van der Waals surface area contributed by atoms with E-state index in [-0.39, 0.29) is 5.91 Å². The average molecular weight is 273 g/mol. The number of hydrogen-bond donors (Lipinski definition) is 1. The maximum absolute atomic E-state index is 12.0. The molecule has 1 aromatic carbocycles. The van der Waals surface area contributed by atoms with Gasteiger partial charge in [0.15, 0.2) is 0 Å². The Bertz CT molecular complexity index is 397. The number of nitrogens with one attached hydrogen (secondary N) is 1. The van der Waals surface area contributed by atoms with Gasteiger partial charge in [-0.3, -0.25) is 4.79 Å². The molecule has 17 heavy (non-hydrogen) atoms. The van der Waals surface area contributed by atoms with Crippen LogP contribution in [-0.4, -0.2) is 37.0 Å². The molecule has 92 valence electrons. The van der Waals surface area contributed by atoms with Crippen molar-refractivity contribution >= 4 is 29.1 Å². The van der Waals surface area contributed by atoms with Gasteiger partial charge in [-0.2, -0.15) is 0 Å². The van der Waals surface area contributed by atoms with Gasteiger partial charge in [-0.15, -0.1) is 0 Å². The Labute approximate surface area is 111 Å². The van der Waals surface area contributed by atoms with Crippen molar-refractivity contribution in [2.24, 2.45) is 0 Å². The Kier molecular flexibility index (Phi) is 4.26. The zero-order valence-electron chi connectivity index (χ0n) is 9.38. The molecule has 1 aliphatic rings. The molecule has 1 fully saturated rings. The Morgan fingerprint density at radius 3 is 2.35 bits per heavy atom. The third-order valence-electron chi connectivity index (χ3n) is 2.75. The third kappa shape index (κ3) is 3.60. The molecule has 5 heteroatoms. The molecule has 0 bridgehead atoms. The molecule has 0 atom stereocenters. The lowest BCUT2D eigenvalue weighted by Crippen LogP contribution is -2.46. The fourth-order valence-electron chi connectivity index (χ4n) is 1.91. The molecular weight excluding hydrogens is 259 g/mol. The molecule has 1 saturated heterocycles. The molecule has 3 nitrogen and oxygen atoms in total. The first-order valence-electron chi connectivity index (χ1n) is 5.58. The molecule has 1 heterocycles. The van der Waals surface area contributed by atoms with Crippen LogP contribution in [0, 0.1) is 0 Å². The lowest BCUT2D eigenvalue weighted by Gasteiger charge is -2.27. The van der Waals surface area contributed by atoms with Gasteiger partial charge in [-0.1, -0.05) is 23.2 Å². The standard InChI is InChI=1S/C12H14Cl2N2O/c13-10-5-9(6-11(14)8-10)7-12(17)16-3-1-15-2-4-16/h5-6,8,15H,1-4,7H2. The van der Waals surface area contributed by atoms with Crippen LogP contribution in [0.3, 0.4) is 0 Å². The number of carbonyl (C=O) groups excluding carboxylic acids is 1. The van der Waals surface area contributed by atoms with E-state index in [1.54, 1.807) is 18.2 Å². The predicted molar refractivity (Wildman–Crippen MR) is 69.6 cm³/mol. The summed E-state index contributed by atoms with van der Waals surface area (Å²) in [6.07, 6.45) is 0.361. The van der Waals surface area contributed by atoms with Crippen LogP contribution in [0.2, 0.25) is 10.0 Å². The molecular formula is C12H14Cl2N2O. The average Bonchev–Trinajstić information content (AvgIpc) is 2.28. The Morgan fingerprint density at radius 1 is 1.18 bits per heavy atom. The van der Waals surface area contributed by atoms with E-state index in [9.17, 15) is 4.79 Å². The zero-order chi connectivity index (χ0) is 12.3. The van der Waals surface area contributed by atoms with E-state index in [1.165, 1.54) is 0 Å². The van der Waals surface area contributed by atoms with Gasteiger partial charge in [0.2, 0.25) is 5.91 Å². The number of nitrogens with zero attached hydrogens (tertiary/aromatic N) is 1. The monoisotopic (exact) mass is 272 g/mol. The van der Waals surface area contributed by atoms with Crippen molar-refractivity contribution in [3.63, 3.8) is 0 Å². The van der Waals surface area contributed by atoms with E-state index in [1.807, 2.05) is 4.90 Å². The minimum atomic E-state index is 0.129. The molecule has 1 aliphatic heterocycles. The maximum Gasteiger partial charge on any atom is 0.227 e. The van der Waals surface area contributed by atoms with Gasteiger partial charge in [0.25, 0.3) is 0 Å².